The van der Waals surface area contributed by atoms with Crippen molar-refractivity contribution in [2.45, 2.75) is 13.0 Å². The number of carboxylic acid groups (broad SMARTS) is 1. The van der Waals surface area contributed by atoms with E-state index in [0.29, 0.717) is 5.69 Å². The lowest BCUT2D eigenvalue weighted by Crippen LogP contribution is -2.21. The molecule has 2 aromatic rings. The zero-order valence-corrected chi connectivity index (χ0v) is 8.19. The van der Waals surface area contributed by atoms with Crippen LogP contribution in [0.25, 0.3) is 10.9 Å². The van der Waals surface area contributed by atoms with E-state index in [4.69, 9.17) is 10.8 Å². The first-order valence-electron chi connectivity index (χ1n) is 4.53. The molecule has 0 aliphatic heterocycles. The van der Waals surface area contributed by atoms with Gasteiger partial charge in [-0.05, 0) is 18.6 Å². The van der Waals surface area contributed by atoms with Crippen molar-refractivity contribution >= 4 is 16.9 Å². The molecule has 0 aliphatic carbocycles. The van der Waals surface area contributed by atoms with E-state index < -0.39 is 12.0 Å². The van der Waals surface area contributed by atoms with Crippen molar-refractivity contribution in [1.82, 2.24) is 10.2 Å². The quantitative estimate of drug-likeness (QED) is 0.680. The second-order valence-electron chi connectivity index (χ2n) is 3.42. The Morgan fingerprint density at radius 3 is 3.00 bits per heavy atom. The second kappa shape index (κ2) is 3.36. The number of aromatic amines is 1. The molecule has 1 aromatic heterocycles. The molecule has 0 aliphatic rings. The minimum atomic E-state index is -1.07. The summed E-state index contributed by atoms with van der Waals surface area (Å²) >= 11 is 0. The number of aryl methyl sites for hydroxylation is 1. The lowest BCUT2D eigenvalue weighted by Gasteiger charge is -2.04. The maximum absolute atomic E-state index is 10.8. The highest BCUT2D eigenvalue weighted by Gasteiger charge is 2.20. The zero-order chi connectivity index (χ0) is 11.0. The average Bonchev–Trinajstić information content (AvgIpc) is 2.61. The Balaban J connectivity index is 2.67. The maximum Gasteiger partial charge on any atom is 0.326 e. The Kier molecular flexibility index (Phi) is 2.17. The number of rotatable bonds is 2. The number of carboxylic acids is 1. The molecule has 0 saturated carbocycles. The number of hydrogen-bond acceptors (Lipinski definition) is 3. The largest absolute Gasteiger partial charge is 0.480 e. The highest BCUT2D eigenvalue weighted by molar-refractivity contribution is 5.89. The summed E-state index contributed by atoms with van der Waals surface area (Å²) in [5.41, 5.74) is 7.70. The first-order valence-corrected chi connectivity index (χ1v) is 4.53. The third-order valence-corrected chi connectivity index (χ3v) is 2.39. The number of nitrogens with two attached hydrogens (primary N) is 1. The molecule has 1 heterocycles. The summed E-state index contributed by atoms with van der Waals surface area (Å²) in [5.74, 6) is -1.07. The van der Waals surface area contributed by atoms with Crippen LogP contribution in [0.2, 0.25) is 0 Å². The lowest BCUT2D eigenvalue weighted by atomic mass is 10.1. The van der Waals surface area contributed by atoms with Gasteiger partial charge in [-0.2, -0.15) is 5.10 Å². The third-order valence-electron chi connectivity index (χ3n) is 2.39. The van der Waals surface area contributed by atoms with Crippen LogP contribution >= 0.6 is 0 Å². The van der Waals surface area contributed by atoms with Crippen LogP contribution in [0.5, 0.6) is 0 Å². The van der Waals surface area contributed by atoms with Crippen molar-refractivity contribution in [1.29, 1.82) is 0 Å². The SMILES string of the molecule is Cc1cccc2n[nH]c(C(N)C(=O)O)c12. The second-order valence-corrected chi connectivity index (χ2v) is 3.42. The number of H-pyrrole nitrogens is 1. The Hall–Kier alpha value is -1.88. The molecule has 0 radical (unpaired) electrons. The van der Waals surface area contributed by atoms with E-state index in [0.717, 1.165) is 16.5 Å². The van der Waals surface area contributed by atoms with Crippen LogP contribution in [0.1, 0.15) is 17.3 Å². The van der Waals surface area contributed by atoms with E-state index >= 15 is 0 Å². The molecule has 0 spiro atoms. The van der Waals surface area contributed by atoms with E-state index in [1.807, 2.05) is 25.1 Å². The predicted molar refractivity (Wildman–Crippen MR) is 55.4 cm³/mol. The molecule has 0 bridgehead atoms. The summed E-state index contributed by atoms with van der Waals surface area (Å²) in [4.78, 5) is 10.8. The van der Waals surface area contributed by atoms with Crippen molar-refractivity contribution in [2.75, 3.05) is 0 Å². The van der Waals surface area contributed by atoms with Crippen LogP contribution in [-0.4, -0.2) is 21.3 Å². The van der Waals surface area contributed by atoms with Crippen molar-refractivity contribution in [2.24, 2.45) is 5.73 Å². The fourth-order valence-electron chi connectivity index (χ4n) is 1.62. The third kappa shape index (κ3) is 1.46. The van der Waals surface area contributed by atoms with E-state index in [-0.39, 0.29) is 0 Å². The molecule has 2 rings (SSSR count). The molecule has 0 amide bonds. The number of aromatic nitrogens is 2. The van der Waals surface area contributed by atoms with Gasteiger partial charge in [-0.1, -0.05) is 12.1 Å². The zero-order valence-electron chi connectivity index (χ0n) is 8.19. The molecule has 1 aromatic carbocycles. The number of benzene rings is 1. The summed E-state index contributed by atoms with van der Waals surface area (Å²) in [7, 11) is 0. The van der Waals surface area contributed by atoms with Gasteiger partial charge < -0.3 is 10.8 Å². The highest BCUT2D eigenvalue weighted by Crippen LogP contribution is 2.23. The molecule has 78 valence electrons. The summed E-state index contributed by atoms with van der Waals surface area (Å²) < 4.78 is 0. The predicted octanol–water partition coefficient (Wildman–Crippen LogP) is 0.956. The Labute approximate surface area is 85.9 Å². The fraction of sp³-hybridized carbons (Fsp3) is 0.200. The average molecular weight is 205 g/mol. The number of aliphatic carboxylic acids is 1. The normalized spacial score (nSPS) is 12.9. The van der Waals surface area contributed by atoms with Gasteiger partial charge in [0.25, 0.3) is 0 Å². The van der Waals surface area contributed by atoms with Crippen LogP contribution in [-0.2, 0) is 4.79 Å². The first kappa shape index (κ1) is 9.67. The molecule has 1 atom stereocenters. The molecule has 1 unspecified atom stereocenters. The highest BCUT2D eigenvalue weighted by atomic mass is 16.4. The van der Waals surface area contributed by atoms with Crippen molar-refractivity contribution in [3.8, 4) is 0 Å². The minimum absolute atomic E-state index is 0.454. The van der Waals surface area contributed by atoms with Gasteiger partial charge in [0.05, 0.1) is 11.2 Å². The number of nitrogens with one attached hydrogen (secondary N) is 1. The van der Waals surface area contributed by atoms with Gasteiger partial charge in [-0.15, -0.1) is 0 Å². The van der Waals surface area contributed by atoms with Gasteiger partial charge in [-0.3, -0.25) is 9.89 Å². The van der Waals surface area contributed by atoms with Crippen molar-refractivity contribution < 1.29 is 9.90 Å². The van der Waals surface area contributed by atoms with E-state index in [2.05, 4.69) is 10.2 Å². The smallest absolute Gasteiger partial charge is 0.326 e. The van der Waals surface area contributed by atoms with Crippen LogP contribution < -0.4 is 5.73 Å². The van der Waals surface area contributed by atoms with Crippen molar-refractivity contribution in [3.63, 3.8) is 0 Å². The number of hydrogen-bond donors (Lipinski definition) is 3. The molecular weight excluding hydrogens is 194 g/mol. The van der Waals surface area contributed by atoms with E-state index in [9.17, 15) is 4.79 Å². The standard InChI is InChI=1S/C10H11N3O2/c1-5-3-2-4-6-7(5)9(13-12-6)8(11)10(14)15/h2-4,8H,11H2,1H3,(H,12,13)(H,14,15). The topological polar surface area (TPSA) is 92.0 Å². The summed E-state index contributed by atoms with van der Waals surface area (Å²) in [6.07, 6.45) is 0. The summed E-state index contributed by atoms with van der Waals surface area (Å²) in [6.45, 7) is 1.90. The molecule has 5 heteroatoms. The molecular formula is C10H11N3O2. The lowest BCUT2D eigenvalue weighted by molar-refractivity contribution is -0.138. The van der Waals surface area contributed by atoms with Gasteiger partial charge in [0, 0.05) is 5.39 Å². The monoisotopic (exact) mass is 205 g/mol. The summed E-state index contributed by atoms with van der Waals surface area (Å²) in [6, 6.07) is 4.53. The van der Waals surface area contributed by atoms with Gasteiger partial charge in [0.1, 0.15) is 6.04 Å². The molecule has 4 N–H and O–H groups in total. The van der Waals surface area contributed by atoms with Crippen LogP contribution in [0.4, 0.5) is 0 Å². The fourth-order valence-corrected chi connectivity index (χ4v) is 1.62. The minimum Gasteiger partial charge on any atom is -0.480 e. The molecule has 0 saturated heterocycles. The van der Waals surface area contributed by atoms with Crippen LogP contribution in [0.3, 0.4) is 0 Å². The number of nitrogens with zero attached hydrogens (tertiary/aromatic N) is 1. The van der Waals surface area contributed by atoms with E-state index in [1.54, 1.807) is 0 Å². The maximum atomic E-state index is 10.8. The van der Waals surface area contributed by atoms with Gasteiger partial charge >= 0.3 is 5.97 Å². The Morgan fingerprint density at radius 2 is 2.33 bits per heavy atom. The van der Waals surface area contributed by atoms with Crippen molar-refractivity contribution in [3.05, 3.63) is 29.5 Å². The van der Waals surface area contributed by atoms with Crippen LogP contribution in [0.15, 0.2) is 18.2 Å². The molecule has 0 fully saturated rings. The van der Waals surface area contributed by atoms with Gasteiger partial charge in [0.15, 0.2) is 0 Å². The summed E-state index contributed by atoms with van der Waals surface area (Å²) in [5, 5.41) is 16.3. The first-order chi connectivity index (χ1) is 7.11. The van der Waals surface area contributed by atoms with Gasteiger partial charge in [-0.25, -0.2) is 0 Å². The van der Waals surface area contributed by atoms with E-state index in [1.165, 1.54) is 0 Å². The molecule has 5 nitrogen and oxygen atoms in total. The Morgan fingerprint density at radius 1 is 1.60 bits per heavy atom. The number of fused-ring (bicyclic) bond motifs is 1. The van der Waals surface area contributed by atoms with Gasteiger partial charge in [0.2, 0.25) is 0 Å². The molecule has 15 heavy (non-hydrogen) atoms. The Bertz CT molecular complexity index is 518. The number of carbonyl (C=O) groups is 1. The van der Waals surface area contributed by atoms with Crippen LogP contribution in [0, 0.1) is 6.92 Å².